The fourth-order valence-electron chi connectivity index (χ4n) is 6.64. The summed E-state index contributed by atoms with van der Waals surface area (Å²) in [6, 6.07) is 0. The molecule has 0 aromatic rings. The van der Waals surface area contributed by atoms with E-state index in [-0.39, 0.29) is 16.7 Å². The van der Waals surface area contributed by atoms with Crippen LogP contribution in [0.5, 0.6) is 0 Å². The molecule has 4 fully saturated rings. The molecule has 0 heterocycles. The first-order valence-electron chi connectivity index (χ1n) is 8.98. The van der Waals surface area contributed by atoms with E-state index >= 15 is 0 Å². The summed E-state index contributed by atoms with van der Waals surface area (Å²) >= 11 is 0. The van der Waals surface area contributed by atoms with Crippen LogP contribution >= 0.6 is 0 Å². The molecule has 0 radical (unpaired) electrons. The minimum Gasteiger partial charge on any atom is -0.310 e. The van der Waals surface area contributed by atoms with Gasteiger partial charge >= 0.3 is 0 Å². The molecule has 1 N–H and O–H groups in total. The number of Topliss-reactive ketones (excluding diaryl/α,β-unsaturated/α-hetero) is 2. The summed E-state index contributed by atoms with van der Waals surface area (Å²) in [5, 5.41) is 8.00. The van der Waals surface area contributed by atoms with Gasteiger partial charge in [-0.1, -0.05) is 13.8 Å². The molecular weight excluding hydrogens is 274 g/mol. The van der Waals surface area contributed by atoms with E-state index in [2.05, 4.69) is 13.8 Å². The van der Waals surface area contributed by atoms with E-state index in [1.165, 1.54) is 0 Å². The first kappa shape index (κ1) is 14.6. The molecule has 4 aliphatic carbocycles. The SMILES string of the molecule is CC12CCC3C(CC(=O)C4CC(=N)CCC43C)C1CCC2=O. The monoisotopic (exact) mass is 301 g/mol. The van der Waals surface area contributed by atoms with Crippen LogP contribution in [0.15, 0.2) is 0 Å². The first-order chi connectivity index (χ1) is 10.4. The highest BCUT2D eigenvalue weighted by molar-refractivity contribution is 5.92. The lowest BCUT2D eigenvalue weighted by molar-refractivity contribution is -0.152. The fourth-order valence-corrected chi connectivity index (χ4v) is 6.64. The highest BCUT2D eigenvalue weighted by atomic mass is 16.1. The molecule has 6 unspecified atom stereocenters. The number of carbonyl (C=O) groups excluding carboxylic acids is 2. The normalized spacial score (nSPS) is 51.3. The third-order valence-electron chi connectivity index (χ3n) is 8.03. The standard InChI is InChI=1S/C19H27NO2/c1-18-7-5-11(20)9-15(18)16(21)10-12-13-3-4-17(22)19(13,2)8-6-14(12)18/h12-15,20H,3-10H2,1-2H3. The molecule has 0 spiro atoms. The quantitative estimate of drug-likeness (QED) is 0.740. The first-order valence-corrected chi connectivity index (χ1v) is 8.98. The van der Waals surface area contributed by atoms with Crippen molar-refractivity contribution in [2.24, 2.45) is 34.5 Å². The summed E-state index contributed by atoms with van der Waals surface area (Å²) in [5.41, 5.74) is 0.703. The number of carbonyl (C=O) groups is 2. The van der Waals surface area contributed by atoms with Gasteiger partial charge in [0.25, 0.3) is 0 Å². The topological polar surface area (TPSA) is 58.0 Å². The van der Waals surface area contributed by atoms with Crippen molar-refractivity contribution in [1.82, 2.24) is 0 Å². The van der Waals surface area contributed by atoms with Crippen LogP contribution in [0.25, 0.3) is 0 Å². The fraction of sp³-hybridized carbons (Fsp3) is 0.842. The molecule has 4 aliphatic rings. The number of nitrogens with one attached hydrogen (secondary N) is 1. The Morgan fingerprint density at radius 3 is 2.55 bits per heavy atom. The molecule has 0 amide bonds. The summed E-state index contributed by atoms with van der Waals surface area (Å²) in [4.78, 5) is 25.2. The van der Waals surface area contributed by atoms with Gasteiger partial charge < -0.3 is 5.41 Å². The van der Waals surface area contributed by atoms with Gasteiger partial charge in [0.05, 0.1) is 0 Å². The molecule has 0 aliphatic heterocycles. The molecule has 3 nitrogen and oxygen atoms in total. The van der Waals surface area contributed by atoms with Crippen molar-refractivity contribution in [3.8, 4) is 0 Å². The third-order valence-corrected chi connectivity index (χ3v) is 8.03. The van der Waals surface area contributed by atoms with Crippen molar-refractivity contribution in [3.63, 3.8) is 0 Å². The van der Waals surface area contributed by atoms with Crippen LogP contribution in [-0.2, 0) is 9.59 Å². The Balaban J connectivity index is 1.71. The van der Waals surface area contributed by atoms with Crippen LogP contribution in [0.2, 0.25) is 0 Å². The number of hydrogen-bond donors (Lipinski definition) is 1. The summed E-state index contributed by atoms with van der Waals surface area (Å²) in [6.45, 7) is 4.48. The third kappa shape index (κ3) is 1.71. The van der Waals surface area contributed by atoms with Gasteiger partial charge in [-0.15, -0.1) is 0 Å². The Morgan fingerprint density at radius 1 is 1.00 bits per heavy atom. The van der Waals surface area contributed by atoms with Gasteiger partial charge in [0.15, 0.2) is 0 Å². The van der Waals surface area contributed by atoms with Crippen LogP contribution < -0.4 is 0 Å². The van der Waals surface area contributed by atoms with E-state index in [1.54, 1.807) is 0 Å². The van der Waals surface area contributed by atoms with Gasteiger partial charge in [-0.3, -0.25) is 9.59 Å². The van der Waals surface area contributed by atoms with Crippen LogP contribution in [0.3, 0.4) is 0 Å². The van der Waals surface area contributed by atoms with Gasteiger partial charge in [-0.05, 0) is 61.7 Å². The van der Waals surface area contributed by atoms with E-state index in [0.29, 0.717) is 42.2 Å². The smallest absolute Gasteiger partial charge is 0.139 e. The molecule has 4 rings (SSSR count). The van der Waals surface area contributed by atoms with Crippen molar-refractivity contribution < 1.29 is 9.59 Å². The van der Waals surface area contributed by atoms with Crippen molar-refractivity contribution in [2.75, 3.05) is 0 Å². The molecular formula is C19H27NO2. The molecule has 0 saturated heterocycles. The zero-order valence-electron chi connectivity index (χ0n) is 13.8. The molecule has 6 atom stereocenters. The molecule has 4 saturated carbocycles. The van der Waals surface area contributed by atoms with Crippen LogP contribution in [0.4, 0.5) is 0 Å². The summed E-state index contributed by atoms with van der Waals surface area (Å²) < 4.78 is 0. The van der Waals surface area contributed by atoms with E-state index in [0.717, 1.165) is 44.2 Å². The Hall–Kier alpha value is -0.990. The predicted octanol–water partition coefficient (Wildman–Crippen LogP) is 3.80. The highest BCUT2D eigenvalue weighted by Gasteiger charge is 2.61. The van der Waals surface area contributed by atoms with Crippen LogP contribution in [0, 0.1) is 39.9 Å². The maximum Gasteiger partial charge on any atom is 0.139 e. The predicted molar refractivity (Wildman–Crippen MR) is 84.9 cm³/mol. The second-order valence-corrected chi connectivity index (χ2v) is 8.83. The van der Waals surface area contributed by atoms with Crippen LogP contribution in [-0.4, -0.2) is 17.3 Å². The average molecular weight is 301 g/mol. The Morgan fingerprint density at radius 2 is 1.77 bits per heavy atom. The largest absolute Gasteiger partial charge is 0.310 e. The highest BCUT2D eigenvalue weighted by Crippen LogP contribution is 2.64. The van der Waals surface area contributed by atoms with Gasteiger partial charge in [-0.25, -0.2) is 0 Å². The Kier molecular flexibility index (Phi) is 3.00. The Bertz CT molecular complexity index is 568. The van der Waals surface area contributed by atoms with Gasteiger partial charge in [-0.2, -0.15) is 0 Å². The summed E-state index contributed by atoms with van der Waals surface area (Å²) in [6.07, 6.45) is 7.09. The number of ketones is 2. The van der Waals surface area contributed by atoms with Crippen molar-refractivity contribution in [2.45, 2.75) is 65.2 Å². The number of hydrogen-bond acceptors (Lipinski definition) is 3. The lowest BCUT2D eigenvalue weighted by Crippen LogP contribution is -2.56. The van der Waals surface area contributed by atoms with Crippen molar-refractivity contribution in [1.29, 1.82) is 5.41 Å². The molecule has 0 aromatic heterocycles. The molecule has 0 bridgehead atoms. The van der Waals surface area contributed by atoms with Gasteiger partial charge in [0.2, 0.25) is 0 Å². The van der Waals surface area contributed by atoms with Gasteiger partial charge in [0.1, 0.15) is 11.6 Å². The van der Waals surface area contributed by atoms with Crippen molar-refractivity contribution >= 4 is 17.3 Å². The van der Waals surface area contributed by atoms with E-state index in [9.17, 15) is 9.59 Å². The minimum absolute atomic E-state index is 0.0801. The van der Waals surface area contributed by atoms with Crippen LogP contribution in [0.1, 0.15) is 65.2 Å². The maximum absolute atomic E-state index is 12.8. The molecule has 120 valence electrons. The van der Waals surface area contributed by atoms with E-state index in [1.807, 2.05) is 0 Å². The van der Waals surface area contributed by atoms with E-state index in [4.69, 9.17) is 5.41 Å². The number of rotatable bonds is 0. The lowest BCUT2D eigenvalue weighted by atomic mass is 9.45. The maximum atomic E-state index is 12.8. The Labute approximate surface area is 132 Å². The summed E-state index contributed by atoms with van der Waals surface area (Å²) in [5.74, 6) is 2.36. The lowest BCUT2D eigenvalue weighted by Gasteiger charge is -2.58. The second kappa shape index (κ2) is 4.52. The van der Waals surface area contributed by atoms with E-state index < -0.39 is 0 Å². The van der Waals surface area contributed by atoms with Gasteiger partial charge in [0, 0.05) is 29.9 Å². The summed E-state index contributed by atoms with van der Waals surface area (Å²) in [7, 11) is 0. The average Bonchev–Trinajstić information content (AvgIpc) is 2.77. The second-order valence-electron chi connectivity index (χ2n) is 8.83. The van der Waals surface area contributed by atoms with Crippen molar-refractivity contribution in [3.05, 3.63) is 0 Å². The zero-order chi connectivity index (χ0) is 15.7. The zero-order valence-corrected chi connectivity index (χ0v) is 13.8. The molecule has 3 heteroatoms. The number of fused-ring (bicyclic) bond motifs is 5. The minimum atomic E-state index is -0.147. The molecule has 0 aromatic carbocycles. The molecule has 22 heavy (non-hydrogen) atoms.